The molecule has 9 heteroatoms. The second-order valence-corrected chi connectivity index (χ2v) is 8.45. The summed E-state index contributed by atoms with van der Waals surface area (Å²) in [4.78, 5) is 16.3. The number of pyridine rings is 1. The highest BCUT2D eigenvalue weighted by Gasteiger charge is 2.33. The van der Waals surface area contributed by atoms with Gasteiger partial charge >= 0.3 is 6.18 Å². The Morgan fingerprint density at radius 3 is 2.50 bits per heavy atom. The molecule has 0 aliphatic carbocycles. The fourth-order valence-corrected chi connectivity index (χ4v) is 4.34. The maximum Gasteiger partial charge on any atom is 0.433 e. The van der Waals surface area contributed by atoms with Crippen LogP contribution in [0.25, 0.3) is 0 Å². The molecule has 2 aromatic rings. The van der Waals surface area contributed by atoms with Crippen molar-refractivity contribution in [2.75, 3.05) is 5.88 Å². The van der Waals surface area contributed by atoms with E-state index < -0.39 is 33.6 Å². The summed E-state index contributed by atoms with van der Waals surface area (Å²) in [7, 11) is -3.96. The molecule has 0 radical (unpaired) electrons. The number of rotatable bonds is 4. The van der Waals surface area contributed by atoms with Crippen LogP contribution < -0.4 is 0 Å². The zero-order chi connectivity index (χ0) is 20.5. The number of ketones is 1. The fraction of sp³-hybridized carbons (Fsp3) is 0.263. The van der Waals surface area contributed by atoms with Crippen molar-refractivity contribution in [1.82, 2.24) is 9.88 Å². The average Bonchev–Trinajstić information content (AvgIpc) is 2.63. The summed E-state index contributed by atoms with van der Waals surface area (Å²) in [6.07, 6.45) is -1.11. The highest BCUT2D eigenvalue weighted by molar-refractivity contribution is 7.91. The average molecular weight is 410 g/mol. The van der Waals surface area contributed by atoms with Crippen LogP contribution in [-0.4, -0.2) is 30.0 Å². The number of hydrogen-bond acceptors (Lipinski definition) is 5. The summed E-state index contributed by atoms with van der Waals surface area (Å²) in [5, 5.41) is 0. The van der Waals surface area contributed by atoms with E-state index in [1.54, 1.807) is 6.07 Å². The largest absolute Gasteiger partial charge is 0.433 e. The highest BCUT2D eigenvalue weighted by atomic mass is 32.2. The van der Waals surface area contributed by atoms with Gasteiger partial charge in [0.15, 0.2) is 15.6 Å². The summed E-state index contributed by atoms with van der Waals surface area (Å²) in [5.41, 5.74) is 0.572. The van der Waals surface area contributed by atoms with Gasteiger partial charge in [0.05, 0.1) is 10.9 Å². The number of aromatic nitrogens is 1. The SMILES string of the molecule is Cc1ccccc1C1CC(=O)C=CN1CS(=O)(=O)c1ccc(C(F)(F)F)nc1. The van der Waals surface area contributed by atoms with Gasteiger partial charge in [0.1, 0.15) is 11.6 Å². The van der Waals surface area contributed by atoms with Crippen molar-refractivity contribution in [3.8, 4) is 0 Å². The fourth-order valence-electron chi connectivity index (χ4n) is 3.04. The molecule has 0 saturated carbocycles. The molecule has 0 amide bonds. The Bertz CT molecular complexity index is 1020. The Kier molecular flexibility index (Phi) is 5.29. The third kappa shape index (κ3) is 4.24. The Morgan fingerprint density at radius 1 is 1.18 bits per heavy atom. The molecule has 0 saturated heterocycles. The molecule has 0 bridgehead atoms. The third-order valence-electron chi connectivity index (χ3n) is 4.50. The van der Waals surface area contributed by atoms with Crippen LogP contribution in [0.5, 0.6) is 0 Å². The van der Waals surface area contributed by atoms with Crippen LogP contribution in [-0.2, 0) is 20.8 Å². The van der Waals surface area contributed by atoms with Crippen LogP contribution >= 0.6 is 0 Å². The van der Waals surface area contributed by atoms with E-state index >= 15 is 0 Å². The van der Waals surface area contributed by atoms with E-state index in [9.17, 15) is 26.4 Å². The van der Waals surface area contributed by atoms with Crippen molar-refractivity contribution in [3.63, 3.8) is 0 Å². The molecule has 3 rings (SSSR count). The van der Waals surface area contributed by atoms with E-state index in [-0.39, 0.29) is 17.1 Å². The first-order valence-electron chi connectivity index (χ1n) is 8.36. The van der Waals surface area contributed by atoms with Gasteiger partial charge in [-0.15, -0.1) is 0 Å². The summed E-state index contributed by atoms with van der Waals surface area (Å²) in [5.74, 6) is -0.610. The molecule has 1 aromatic carbocycles. The number of hydrogen-bond donors (Lipinski definition) is 0. The second kappa shape index (κ2) is 7.38. The third-order valence-corrected chi connectivity index (χ3v) is 6.10. The van der Waals surface area contributed by atoms with E-state index in [1.807, 2.05) is 25.1 Å². The number of carbonyl (C=O) groups is 1. The zero-order valence-corrected chi connectivity index (χ0v) is 15.7. The standard InChI is InChI=1S/C19H17F3N2O3S/c1-13-4-2-3-5-16(13)17-10-14(25)8-9-24(17)12-28(26,27)15-6-7-18(23-11-15)19(20,21)22/h2-9,11,17H,10,12H2,1H3. The molecule has 2 heterocycles. The van der Waals surface area contributed by atoms with E-state index in [0.29, 0.717) is 12.3 Å². The van der Waals surface area contributed by atoms with Gasteiger partial charge in [-0.05, 0) is 36.3 Å². The van der Waals surface area contributed by atoms with Gasteiger partial charge in [0, 0.05) is 18.8 Å². The lowest BCUT2D eigenvalue weighted by Crippen LogP contribution is -2.34. The Labute approximate surface area is 160 Å². The van der Waals surface area contributed by atoms with Gasteiger partial charge in [0.2, 0.25) is 0 Å². The van der Waals surface area contributed by atoms with E-state index in [2.05, 4.69) is 4.98 Å². The summed E-state index contributed by atoms with van der Waals surface area (Å²) < 4.78 is 63.4. The first-order valence-corrected chi connectivity index (χ1v) is 10.0. The lowest BCUT2D eigenvalue weighted by molar-refractivity contribution is -0.141. The van der Waals surface area contributed by atoms with Gasteiger partial charge in [-0.3, -0.25) is 9.78 Å². The van der Waals surface area contributed by atoms with Crippen LogP contribution in [0.1, 0.15) is 29.3 Å². The van der Waals surface area contributed by atoms with E-state index in [0.717, 1.165) is 17.2 Å². The van der Waals surface area contributed by atoms with Crippen molar-refractivity contribution < 1.29 is 26.4 Å². The van der Waals surface area contributed by atoms with Crippen LogP contribution in [0, 0.1) is 6.92 Å². The molecule has 1 aliphatic heterocycles. The molecule has 28 heavy (non-hydrogen) atoms. The number of halogens is 3. The normalized spacial score (nSPS) is 17.8. The number of nitrogens with zero attached hydrogens (tertiary/aromatic N) is 2. The topological polar surface area (TPSA) is 67.3 Å². The van der Waals surface area contributed by atoms with Crippen LogP contribution in [0.3, 0.4) is 0 Å². The van der Waals surface area contributed by atoms with Gasteiger partial charge < -0.3 is 4.90 Å². The molecule has 5 nitrogen and oxygen atoms in total. The van der Waals surface area contributed by atoms with Gasteiger partial charge in [0.25, 0.3) is 0 Å². The van der Waals surface area contributed by atoms with Crippen LogP contribution in [0.2, 0.25) is 0 Å². The molecule has 0 N–H and O–H groups in total. The van der Waals surface area contributed by atoms with E-state index in [4.69, 9.17) is 0 Å². The number of aryl methyl sites for hydroxylation is 1. The van der Waals surface area contributed by atoms with Crippen molar-refractivity contribution in [3.05, 3.63) is 71.7 Å². The lowest BCUT2D eigenvalue weighted by atomic mass is 9.94. The van der Waals surface area contributed by atoms with Gasteiger partial charge in [-0.25, -0.2) is 8.42 Å². The summed E-state index contributed by atoms with van der Waals surface area (Å²) in [6.45, 7) is 1.87. The van der Waals surface area contributed by atoms with Crippen molar-refractivity contribution in [2.24, 2.45) is 0 Å². The predicted octanol–water partition coefficient (Wildman–Crippen LogP) is 3.67. The molecular formula is C19H17F3N2O3S. The summed E-state index contributed by atoms with van der Waals surface area (Å²) >= 11 is 0. The minimum atomic E-state index is -4.64. The highest BCUT2D eigenvalue weighted by Crippen LogP contribution is 2.32. The molecule has 0 spiro atoms. The Hall–Kier alpha value is -2.68. The molecule has 0 fully saturated rings. The number of alkyl halides is 3. The molecule has 1 aliphatic rings. The van der Waals surface area contributed by atoms with Crippen molar-refractivity contribution >= 4 is 15.6 Å². The quantitative estimate of drug-likeness (QED) is 0.770. The molecule has 1 atom stereocenters. The smallest absolute Gasteiger partial charge is 0.356 e. The van der Waals surface area contributed by atoms with E-state index in [1.165, 1.54) is 17.2 Å². The van der Waals surface area contributed by atoms with Crippen molar-refractivity contribution in [1.29, 1.82) is 0 Å². The zero-order valence-electron chi connectivity index (χ0n) is 14.8. The first kappa shape index (κ1) is 20.1. The minimum absolute atomic E-state index is 0.113. The number of allylic oxidation sites excluding steroid dienone is 1. The van der Waals surface area contributed by atoms with Crippen LogP contribution in [0.4, 0.5) is 13.2 Å². The molecule has 1 aromatic heterocycles. The van der Waals surface area contributed by atoms with Crippen molar-refractivity contribution in [2.45, 2.75) is 30.5 Å². The minimum Gasteiger partial charge on any atom is -0.356 e. The molecular weight excluding hydrogens is 393 g/mol. The maximum atomic E-state index is 12.7. The number of sulfone groups is 1. The summed E-state index contributed by atoms with van der Waals surface area (Å²) in [6, 6.07) is 8.40. The lowest BCUT2D eigenvalue weighted by Gasteiger charge is -2.33. The van der Waals surface area contributed by atoms with Crippen LogP contribution in [0.15, 0.2) is 59.8 Å². The van der Waals surface area contributed by atoms with Gasteiger partial charge in [-0.2, -0.15) is 13.2 Å². The predicted molar refractivity (Wildman–Crippen MR) is 95.8 cm³/mol. The Morgan fingerprint density at radius 2 is 1.89 bits per heavy atom. The second-order valence-electron chi connectivity index (χ2n) is 6.49. The number of carbonyl (C=O) groups excluding carboxylic acids is 1. The first-order chi connectivity index (χ1) is 13.1. The maximum absolute atomic E-state index is 12.7. The molecule has 148 valence electrons. The number of benzene rings is 1. The Balaban J connectivity index is 1.90. The molecule has 1 unspecified atom stereocenters. The monoisotopic (exact) mass is 410 g/mol. The van der Waals surface area contributed by atoms with Gasteiger partial charge in [-0.1, -0.05) is 24.3 Å².